The monoisotopic (exact) mass is 344 g/mol. The standard InChI is InChI=1S/C19H28N4O2/c1-21-15-17(20-19(21)25)18(24)23-12-6-11-22(13-14-23)10-5-9-16-7-3-2-4-8-16/h2-4,7-8,17H,5-6,9-15H2,1H3,(H,20,25). The average Bonchev–Trinajstić information content (AvgIpc) is 2.83. The van der Waals surface area contributed by atoms with Crippen molar-refractivity contribution < 1.29 is 9.59 Å². The number of carbonyl (C=O) groups is 2. The van der Waals surface area contributed by atoms with Crippen LogP contribution in [-0.2, 0) is 11.2 Å². The van der Waals surface area contributed by atoms with Gasteiger partial charge in [-0.3, -0.25) is 4.79 Å². The Hall–Kier alpha value is -2.08. The molecule has 2 saturated heterocycles. The molecule has 136 valence electrons. The van der Waals surface area contributed by atoms with Gasteiger partial charge in [-0.05, 0) is 37.9 Å². The first-order chi connectivity index (χ1) is 12.1. The molecule has 2 fully saturated rings. The number of benzene rings is 1. The molecule has 0 saturated carbocycles. The molecule has 0 spiro atoms. The van der Waals surface area contributed by atoms with Crippen molar-refractivity contribution in [1.29, 1.82) is 0 Å². The van der Waals surface area contributed by atoms with E-state index < -0.39 is 0 Å². The highest BCUT2D eigenvalue weighted by Crippen LogP contribution is 2.10. The van der Waals surface area contributed by atoms with Gasteiger partial charge in [-0.15, -0.1) is 0 Å². The summed E-state index contributed by atoms with van der Waals surface area (Å²) in [6, 6.07) is 10.0. The fourth-order valence-electron chi connectivity index (χ4n) is 3.59. The molecule has 3 amide bonds. The second-order valence-electron chi connectivity index (χ2n) is 6.99. The van der Waals surface area contributed by atoms with E-state index in [-0.39, 0.29) is 18.0 Å². The van der Waals surface area contributed by atoms with Crippen LogP contribution in [0.25, 0.3) is 0 Å². The number of likely N-dealkylation sites (N-methyl/N-ethyl adjacent to an activating group) is 1. The summed E-state index contributed by atoms with van der Waals surface area (Å²) in [5, 5.41) is 2.77. The third-order valence-corrected chi connectivity index (χ3v) is 5.08. The van der Waals surface area contributed by atoms with E-state index in [0.29, 0.717) is 6.54 Å². The molecule has 0 aromatic heterocycles. The highest BCUT2D eigenvalue weighted by Gasteiger charge is 2.34. The largest absolute Gasteiger partial charge is 0.340 e. The van der Waals surface area contributed by atoms with Gasteiger partial charge in [0.05, 0.1) is 6.54 Å². The van der Waals surface area contributed by atoms with Gasteiger partial charge in [0.15, 0.2) is 0 Å². The SMILES string of the molecule is CN1CC(C(=O)N2CCCN(CCCc3ccccc3)CC2)NC1=O. The molecule has 6 nitrogen and oxygen atoms in total. The summed E-state index contributed by atoms with van der Waals surface area (Å²) in [7, 11) is 1.72. The zero-order valence-corrected chi connectivity index (χ0v) is 15.0. The van der Waals surface area contributed by atoms with E-state index in [1.165, 1.54) is 5.56 Å². The lowest BCUT2D eigenvalue weighted by Gasteiger charge is -2.24. The Morgan fingerprint density at radius 3 is 2.68 bits per heavy atom. The zero-order chi connectivity index (χ0) is 17.6. The molecule has 1 unspecified atom stereocenters. The van der Waals surface area contributed by atoms with E-state index in [2.05, 4.69) is 40.5 Å². The minimum Gasteiger partial charge on any atom is -0.340 e. The lowest BCUT2D eigenvalue weighted by molar-refractivity contribution is -0.132. The first-order valence-electron chi connectivity index (χ1n) is 9.20. The highest BCUT2D eigenvalue weighted by molar-refractivity contribution is 5.90. The van der Waals surface area contributed by atoms with Gasteiger partial charge in [0, 0.05) is 26.7 Å². The van der Waals surface area contributed by atoms with Crippen LogP contribution in [-0.4, -0.2) is 79.0 Å². The van der Waals surface area contributed by atoms with E-state index >= 15 is 0 Å². The van der Waals surface area contributed by atoms with Crippen LogP contribution in [0.4, 0.5) is 4.79 Å². The second-order valence-corrected chi connectivity index (χ2v) is 6.99. The van der Waals surface area contributed by atoms with Gasteiger partial charge in [-0.25, -0.2) is 4.79 Å². The van der Waals surface area contributed by atoms with E-state index in [1.54, 1.807) is 11.9 Å². The molecule has 1 aromatic rings. The van der Waals surface area contributed by atoms with Crippen molar-refractivity contribution in [3.63, 3.8) is 0 Å². The predicted molar refractivity (Wildman–Crippen MR) is 97.3 cm³/mol. The number of nitrogens with one attached hydrogen (secondary N) is 1. The fraction of sp³-hybridized carbons (Fsp3) is 0.579. The molecule has 0 radical (unpaired) electrons. The number of carbonyl (C=O) groups excluding carboxylic acids is 2. The van der Waals surface area contributed by atoms with Crippen LogP contribution in [0.3, 0.4) is 0 Å². The Bertz CT molecular complexity index is 592. The van der Waals surface area contributed by atoms with Crippen LogP contribution in [0.5, 0.6) is 0 Å². The van der Waals surface area contributed by atoms with Crippen LogP contribution in [0.1, 0.15) is 18.4 Å². The van der Waals surface area contributed by atoms with Crippen molar-refractivity contribution in [2.75, 3.05) is 46.3 Å². The maximum absolute atomic E-state index is 12.6. The van der Waals surface area contributed by atoms with Gasteiger partial charge in [-0.1, -0.05) is 30.3 Å². The second kappa shape index (κ2) is 8.34. The molecule has 0 bridgehead atoms. The molecule has 1 aromatic carbocycles. The minimum atomic E-state index is -0.387. The average molecular weight is 344 g/mol. The molecular weight excluding hydrogens is 316 g/mol. The highest BCUT2D eigenvalue weighted by atomic mass is 16.2. The number of hydrogen-bond donors (Lipinski definition) is 1. The van der Waals surface area contributed by atoms with Gasteiger partial charge < -0.3 is 20.0 Å². The van der Waals surface area contributed by atoms with E-state index in [9.17, 15) is 9.59 Å². The minimum absolute atomic E-state index is 0.0591. The number of aryl methyl sites for hydroxylation is 1. The zero-order valence-electron chi connectivity index (χ0n) is 15.0. The molecule has 1 N–H and O–H groups in total. The van der Waals surface area contributed by atoms with Crippen molar-refractivity contribution in [2.45, 2.75) is 25.3 Å². The Kier molecular flexibility index (Phi) is 5.91. The van der Waals surface area contributed by atoms with Gasteiger partial charge in [-0.2, -0.15) is 0 Å². The van der Waals surface area contributed by atoms with E-state index in [0.717, 1.165) is 52.0 Å². The summed E-state index contributed by atoms with van der Waals surface area (Å²) >= 11 is 0. The predicted octanol–water partition coefficient (Wildman–Crippen LogP) is 1.18. The van der Waals surface area contributed by atoms with Crippen LogP contribution in [0.15, 0.2) is 30.3 Å². The maximum Gasteiger partial charge on any atom is 0.317 e. The summed E-state index contributed by atoms with van der Waals surface area (Å²) in [5.41, 5.74) is 1.38. The van der Waals surface area contributed by atoms with Gasteiger partial charge in [0.1, 0.15) is 6.04 Å². The maximum atomic E-state index is 12.6. The summed E-state index contributed by atoms with van der Waals surface area (Å²) in [5.74, 6) is 0.0591. The van der Waals surface area contributed by atoms with Crippen molar-refractivity contribution in [2.24, 2.45) is 0 Å². The first kappa shape index (κ1) is 17.7. The molecule has 6 heteroatoms. The van der Waals surface area contributed by atoms with E-state index in [4.69, 9.17) is 0 Å². The molecule has 0 aliphatic carbocycles. The van der Waals surface area contributed by atoms with Crippen LogP contribution >= 0.6 is 0 Å². The smallest absolute Gasteiger partial charge is 0.317 e. The molecule has 1 atom stereocenters. The lowest BCUT2D eigenvalue weighted by Crippen LogP contribution is -2.46. The summed E-state index contributed by atoms with van der Waals surface area (Å²) in [6.45, 7) is 5.02. The molecular formula is C19H28N4O2. The quantitative estimate of drug-likeness (QED) is 0.873. The molecule has 3 rings (SSSR count). The summed E-state index contributed by atoms with van der Waals surface area (Å²) < 4.78 is 0. The fourth-order valence-corrected chi connectivity index (χ4v) is 3.59. The Morgan fingerprint density at radius 2 is 1.96 bits per heavy atom. The molecule has 2 aliphatic heterocycles. The number of hydrogen-bond acceptors (Lipinski definition) is 3. The topological polar surface area (TPSA) is 55.9 Å². The summed E-state index contributed by atoms with van der Waals surface area (Å²) in [6.07, 6.45) is 3.23. The number of rotatable bonds is 5. The third-order valence-electron chi connectivity index (χ3n) is 5.08. The summed E-state index contributed by atoms with van der Waals surface area (Å²) in [4.78, 5) is 30.1. The number of amides is 3. The van der Waals surface area contributed by atoms with Gasteiger partial charge in [0.2, 0.25) is 5.91 Å². The Labute approximate surface area is 149 Å². The van der Waals surface area contributed by atoms with Crippen LogP contribution in [0, 0.1) is 0 Å². The van der Waals surface area contributed by atoms with Gasteiger partial charge in [0.25, 0.3) is 0 Å². The number of nitrogens with zero attached hydrogens (tertiary/aromatic N) is 3. The van der Waals surface area contributed by atoms with Crippen molar-refractivity contribution >= 4 is 11.9 Å². The third kappa shape index (κ3) is 4.72. The number of urea groups is 1. The van der Waals surface area contributed by atoms with Gasteiger partial charge >= 0.3 is 6.03 Å². The normalized spacial score (nSPS) is 22.0. The molecule has 25 heavy (non-hydrogen) atoms. The first-order valence-corrected chi connectivity index (χ1v) is 9.20. The lowest BCUT2D eigenvalue weighted by atomic mass is 10.1. The van der Waals surface area contributed by atoms with E-state index in [1.807, 2.05) is 4.90 Å². The van der Waals surface area contributed by atoms with Crippen LogP contribution in [0.2, 0.25) is 0 Å². The molecule has 2 aliphatic rings. The Morgan fingerprint density at radius 1 is 1.16 bits per heavy atom. The van der Waals surface area contributed by atoms with Crippen molar-refractivity contribution in [3.05, 3.63) is 35.9 Å². The Balaban J connectivity index is 1.42. The van der Waals surface area contributed by atoms with Crippen LogP contribution < -0.4 is 5.32 Å². The van der Waals surface area contributed by atoms with Crippen molar-refractivity contribution in [3.8, 4) is 0 Å². The molecule has 2 heterocycles. The van der Waals surface area contributed by atoms with Crippen molar-refractivity contribution in [1.82, 2.24) is 20.0 Å².